The van der Waals surface area contributed by atoms with Crippen LogP contribution >= 0.6 is 11.8 Å². The van der Waals surface area contributed by atoms with Crippen molar-refractivity contribution < 1.29 is 18.0 Å². The topological polar surface area (TPSA) is 59.8 Å². The molecule has 1 aromatic heterocycles. The predicted octanol–water partition coefficient (Wildman–Crippen LogP) is 3.52. The van der Waals surface area contributed by atoms with Gasteiger partial charge in [0.05, 0.1) is 11.3 Å². The second kappa shape index (κ2) is 7.52. The Kier molecular flexibility index (Phi) is 5.66. The third-order valence-corrected chi connectivity index (χ3v) is 3.99. The highest BCUT2D eigenvalue weighted by Crippen LogP contribution is 2.30. The number of aryl methyl sites for hydroxylation is 1. The Morgan fingerprint density at radius 2 is 2.17 bits per heavy atom. The Bertz CT molecular complexity index is 743. The zero-order valence-corrected chi connectivity index (χ0v) is 13.6. The van der Waals surface area contributed by atoms with Crippen LogP contribution in [0, 0.1) is 6.92 Å². The van der Waals surface area contributed by atoms with E-state index in [2.05, 4.69) is 22.1 Å². The first-order chi connectivity index (χ1) is 11.3. The Labute approximate surface area is 141 Å². The largest absolute Gasteiger partial charge is 0.416 e. The number of halogens is 3. The average Bonchev–Trinajstić information content (AvgIpc) is 2.86. The van der Waals surface area contributed by atoms with E-state index >= 15 is 0 Å². The van der Waals surface area contributed by atoms with Crippen LogP contribution in [-0.2, 0) is 17.5 Å². The maximum Gasteiger partial charge on any atom is 0.416 e. The van der Waals surface area contributed by atoms with Crippen LogP contribution < -0.4 is 5.32 Å². The van der Waals surface area contributed by atoms with Crippen molar-refractivity contribution in [3.05, 3.63) is 48.3 Å². The Morgan fingerprint density at radius 3 is 2.83 bits per heavy atom. The number of carbonyl (C=O) groups excluding carboxylic acids is 1. The van der Waals surface area contributed by atoms with E-state index in [-0.39, 0.29) is 11.4 Å². The van der Waals surface area contributed by atoms with Crippen molar-refractivity contribution in [1.29, 1.82) is 0 Å². The molecule has 0 bridgehead atoms. The molecule has 1 aromatic carbocycles. The molecule has 2 rings (SSSR count). The third kappa shape index (κ3) is 4.60. The maximum atomic E-state index is 12.7. The average molecular weight is 356 g/mol. The third-order valence-electron chi connectivity index (χ3n) is 3.02. The van der Waals surface area contributed by atoms with Crippen LogP contribution in [0.15, 0.2) is 42.1 Å². The van der Waals surface area contributed by atoms with Gasteiger partial charge in [0, 0.05) is 12.2 Å². The molecule has 24 heavy (non-hydrogen) atoms. The smallest absolute Gasteiger partial charge is 0.325 e. The number of amides is 1. The van der Waals surface area contributed by atoms with Crippen molar-refractivity contribution in [1.82, 2.24) is 14.8 Å². The van der Waals surface area contributed by atoms with Gasteiger partial charge in [0.25, 0.3) is 0 Å². The summed E-state index contributed by atoms with van der Waals surface area (Å²) in [6.45, 7) is 5.93. The van der Waals surface area contributed by atoms with Crippen molar-refractivity contribution >= 4 is 23.4 Å². The fourth-order valence-electron chi connectivity index (χ4n) is 1.91. The number of hydrogen-bond acceptors (Lipinski definition) is 4. The predicted molar refractivity (Wildman–Crippen MR) is 85.8 cm³/mol. The number of benzene rings is 1. The van der Waals surface area contributed by atoms with Gasteiger partial charge in [0.1, 0.15) is 5.82 Å². The quantitative estimate of drug-likeness (QED) is 0.635. The van der Waals surface area contributed by atoms with Gasteiger partial charge in [-0.15, -0.1) is 16.8 Å². The van der Waals surface area contributed by atoms with Crippen molar-refractivity contribution in [3.63, 3.8) is 0 Å². The zero-order chi connectivity index (χ0) is 17.7. The van der Waals surface area contributed by atoms with Gasteiger partial charge in [0.15, 0.2) is 5.16 Å². The minimum absolute atomic E-state index is 0.00548. The molecule has 5 nitrogen and oxygen atoms in total. The van der Waals surface area contributed by atoms with Crippen LogP contribution in [0.25, 0.3) is 0 Å². The number of nitrogens with zero attached hydrogens (tertiary/aromatic N) is 3. The normalized spacial score (nSPS) is 11.3. The number of alkyl halides is 3. The van der Waals surface area contributed by atoms with E-state index in [1.165, 1.54) is 12.1 Å². The molecule has 128 valence electrons. The number of carbonyl (C=O) groups is 1. The fraction of sp³-hybridized carbons (Fsp3) is 0.267. The molecule has 9 heteroatoms. The highest BCUT2D eigenvalue weighted by molar-refractivity contribution is 7.99. The molecule has 0 unspecified atom stereocenters. The molecule has 0 spiro atoms. The van der Waals surface area contributed by atoms with Crippen LogP contribution in [0.5, 0.6) is 0 Å². The van der Waals surface area contributed by atoms with Crippen LogP contribution in [0.1, 0.15) is 11.4 Å². The minimum atomic E-state index is -4.45. The van der Waals surface area contributed by atoms with Gasteiger partial charge in [-0.05, 0) is 25.1 Å². The van der Waals surface area contributed by atoms with Gasteiger partial charge in [-0.3, -0.25) is 4.79 Å². The first-order valence-corrected chi connectivity index (χ1v) is 7.90. The number of hydrogen-bond donors (Lipinski definition) is 1. The summed E-state index contributed by atoms with van der Waals surface area (Å²) in [5, 5.41) is 10.9. The number of rotatable bonds is 6. The standard InChI is InChI=1S/C15H15F3N4OS/c1-3-7-22-10(2)20-21-14(22)24-9-13(23)19-12-6-4-5-11(8-12)15(16,17)18/h3-6,8H,1,7,9H2,2H3,(H,19,23). The lowest BCUT2D eigenvalue weighted by molar-refractivity contribution is -0.137. The molecule has 0 radical (unpaired) electrons. The van der Waals surface area contributed by atoms with Gasteiger partial charge in [-0.2, -0.15) is 13.2 Å². The number of nitrogens with one attached hydrogen (secondary N) is 1. The summed E-state index contributed by atoms with van der Waals surface area (Å²) in [6, 6.07) is 4.50. The Balaban J connectivity index is 1.98. The van der Waals surface area contributed by atoms with Crippen LogP contribution in [0.2, 0.25) is 0 Å². The molecular formula is C15H15F3N4OS. The number of allylic oxidation sites excluding steroid dienone is 1. The van der Waals surface area contributed by atoms with Gasteiger partial charge >= 0.3 is 6.18 Å². The molecule has 1 heterocycles. The number of aromatic nitrogens is 3. The van der Waals surface area contributed by atoms with E-state index in [1.807, 2.05) is 0 Å². The van der Waals surface area contributed by atoms with Crippen molar-refractivity contribution in [2.45, 2.75) is 24.8 Å². The summed E-state index contributed by atoms with van der Waals surface area (Å²) < 4.78 is 39.7. The van der Waals surface area contributed by atoms with Crippen LogP contribution in [0.4, 0.5) is 18.9 Å². The van der Waals surface area contributed by atoms with Gasteiger partial charge < -0.3 is 9.88 Å². The lowest BCUT2D eigenvalue weighted by atomic mass is 10.2. The summed E-state index contributed by atoms with van der Waals surface area (Å²) in [5.74, 6) is 0.270. The van der Waals surface area contributed by atoms with Crippen LogP contribution in [0.3, 0.4) is 0 Å². The monoisotopic (exact) mass is 356 g/mol. The SMILES string of the molecule is C=CCn1c(C)nnc1SCC(=O)Nc1cccc(C(F)(F)F)c1. The second-order valence-corrected chi connectivity index (χ2v) is 5.79. The lowest BCUT2D eigenvalue weighted by Gasteiger charge is -2.10. The second-order valence-electron chi connectivity index (χ2n) is 4.84. The summed E-state index contributed by atoms with van der Waals surface area (Å²) in [4.78, 5) is 11.9. The molecule has 0 saturated heterocycles. The maximum absolute atomic E-state index is 12.7. The molecule has 1 N–H and O–H groups in total. The molecule has 1 amide bonds. The van der Waals surface area contributed by atoms with E-state index in [0.29, 0.717) is 17.5 Å². The Hall–Kier alpha value is -2.29. The summed E-state index contributed by atoms with van der Waals surface area (Å²) in [7, 11) is 0. The van der Waals surface area contributed by atoms with E-state index in [9.17, 15) is 18.0 Å². The summed E-state index contributed by atoms with van der Waals surface area (Å²) in [6.07, 6.45) is -2.77. The van der Waals surface area contributed by atoms with E-state index < -0.39 is 17.6 Å². The van der Waals surface area contributed by atoms with Gasteiger partial charge in [0.2, 0.25) is 5.91 Å². The number of anilines is 1. The molecule has 0 atom stereocenters. The summed E-state index contributed by atoms with van der Waals surface area (Å²) in [5.41, 5.74) is -0.714. The molecule has 0 aliphatic rings. The van der Waals surface area contributed by atoms with Gasteiger partial charge in [-0.1, -0.05) is 23.9 Å². The van der Waals surface area contributed by atoms with Gasteiger partial charge in [-0.25, -0.2) is 0 Å². The molecule has 0 fully saturated rings. The minimum Gasteiger partial charge on any atom is -0.325 e. The zero-order valence-electron chi connectivity index (χ0n) is 12.8. The first kappa shape index (κ1) is 18.1. The number of thioether (sulfide) groups is 1. The molecule has 0 aliphatic carbocycles. The molecule has 0 saturated carbocycles. The molecule has 2 aromatic rings. The lowest BCUT2D eigenvalue weighted by Crippen LogP contribution is -2.15. The highest BCUT2D eigenvalue weighted by Gasteiger charge is 2.30. The fourth-order valence-corrected chi connectivity index (χ4v) is 2.70. The summed E-state index contributed by atoms with van der Waals surface area (Å²) >= 11 is 1.15. The first-order valence-electron chi connectivity index (χ1n) is 6.92. The van der Waals surface area contributed by atoms with E-state index in [0.717, 1.165) is 23.9 Å². The van der Waals surface area contributed by atoms with Crippen molar-refractivity contribution in [2.24, 2.45) is 0 Å². The highest BCUT2D eigenvalue weighted by atomic mass is 32.2. The Morgan fingerprint density at radius 1 is 1.42 bits per heavy atom. The van der Waals surface area contributed by atoms with E-state index in [4.69, 9.17) is 0 Å². The van der Waals surface area contributed by atoms with Crippen molar-refractivity contribution in [2.75, 3.05) is 11.1 Å². The molecule has 0 aliphatic heterocycles. The van der Waals surface area contributed by atoms with Crippen LogP contribution in [-0.4, -0.2) is 26.4 Å². The van der Waals surface area contributed by atoms with Crippen molar-refractivity contribution in [3.8, 4) is 0 Å². The molecular weight excluding hydrogens is 341 g/mol. The van der Waals surface area contributed by atoms with E-state index in [1.54, 1.807) is 17.6 Å².